The molecule has 0 radical (unpaired) electrons. The average molecular weight is 614 g/mol. The molecule has 1 heterocycles. The Labute approximate surface area is 255 Å². The van der Waals surface area contributed by atoms with Crippen LogP contribution in [0.3, 0.4) is 0 Å². The number of ether oxygens (including phenoxy) is 6. The van der Waals surface area contributed by atoms with Crippen molar-refractivity contribution in [2.45, 2.75) is 49.9 Å². The maximum Gasteiger partial charge on any atom is 0.203 e. The van der Waals surface area contributed by atoms with Crippen LogP contribution in [-0.4, -0.2) is 67.6 Å². The average Bonchev–Trinajstić information content (AvgIpc) is 3.52. The molecule has 43 heavy (non-hydrogen) atoms. The third kappa shape index (κ3) is 7.93. The van der Waals surface area contributed by atoms with Gasteiger partial charge < -0.3 is 33.3 Å². The molecule has 234 valence electrons. The standard InChI is InChI=1S/C33H43NO8S/c1-7-16-40-33-30(41-22-23-11-9-8-10-12-23)20-25(21-31(33)43(35,36)17-15-34(2)3)27-14-13-26(42-27)24-18-28(37-4)32(39-6)29(19-24)38-5/h8-12,18-21,26-27H,7,13-17,22H2,1-6H3/t26-,27-/m0/s1. The molecule has 0 aromatic heterocycles. The summed E-state index contributed by atoms with van der Waals surface area (Å²) in [5.74, 6) is 2.19. The van der Waals surface area contributed by atoms with Crippen molar-refractivity contribution >= 4 is 9.84 Å². The summed E-state index contributed by atoms with van der Waals surface area (Å²) in [4.78, 5) is 1.98. The minimum absolute atomic E-state index is 0.0519. The van der Waals surface area contributed by atoms with Crippen LogP contribution in [0.2, 0.25) is 0 Å². The molecule has 1 fully saturated rings. The number of rotatable bonds is 15. The van der Waals surface area contributed by atoms with Crippen LogP contribution in [-0.2, 0) is 21.2 Å². The Morgan fingerprint density at radius 1 is 0.814 bits per heavy atom. The zero-order valence-corrected chi connectivity index (χ0v) is 26.7. The third-order valence-corrected chi connectivity index (χ3v) is 9.02. The molecule has 0 spiro atoms. The van der Waals surface area contributed by atoms with Crippen molar-refractivity contribution in [3.8, 4) is 28.7 Å². The van der Waals surface area contributed by atoms with Gasteiger partial charge in [-0.25, -0.2) is 8.42 Å². The first kappa shape index (κ1) is 32.4. The highest BCUT2D eigenvalue weighted by Gasteiger charge is 2.33. The lowest BCUT2D eigenvalue weighted by Gasteiger charge is -2.22. The van der Waals surface area contributed by atoms with Gasteiger partial charge in [-0.05, 0) is 74.3 Å². The summed E-state index contributed by atoms with van der Waals surface area (Å²) in [6, 6.07) is 17.1. The number of sulfone groups is 1. The number of hydrogen-bond donors (Lipinski definition) is 0. The lowest BCUT2D eigenvalue weighted by molar-refractivity contribution is 0.0434. The first-order valence-corrected chi connectivity index (χ1v) is 16.2. The summed E-state index contributed by atoms with van der Waals surface area (Å²) in [5.41, 5.74) is 2.58. The summed E-state index contributed by atoms with van der Waals surface area (Å²) in [5, 5.41) is 0. The van der Waals surface area contributed by atoms with E-state index >= 15 is 0 Å². The van der Waals surface area contributed by atoms with Crippen molar-refractivity contribution in [3.63, 3.8) is 0 Å². The van der Waals surface area contributed by atoms with E-state index in [2.05, 4.69) is 0 Å². The third-order valence-electron chi connectivity index (χ3n) is 7.32. The first-order chi connectivity index (χ1) is 20.7. The van der Waals surface area contributed by atoms with E-state index < -0.39 is 9.84 Å². The Kier molecular flexibility index (Phi) is 11.2. The molecule has 0 amide bonds. The summed E-state index contributed by atoms with van der Waals surface area (Å²) < 4.78 is 63.0. The number of hydrogen-bond acceptors (Lipinski definition) is 9. The molecule has 3 aromatic rings. The maximum absolute atomic E-state index is 13.8. The van der Waals surface area contributed by atoms with E-state index in [1.165, 1.54) is 0 Å². The zero-order chi connectivity index (χ0) is 31.0. The van der Waals surface area contributed by atoms with Gasteiger partial charge in [-0.3, -0.25) is 0 Å². The van der Waals surface area contributed by atoms with Gasteiger partial charge in [0.05, 0.1) is 45.9 Å². The molecule has 1 aliphatic rings. The summed E-state index contributed by atoms with van der Waals surface area (Å²) in [6.07, 6.45) is 1.52. The lowest BCUT2D eigenvalue weighted by atomic mass is 10.0. The van der Waals surface area contributed by atoms with Gasteiger partial charge >= 0.3 is 0 Å². The Morgan fingerprint density at radius 3 is 1.98 bits per heavy atom. The molecule has 0 unspecified atom stereocenters. The quantitative estimate of drug-likeness (QED) is 0.204. The minimum atomic E-state index is -3.71. The molecule has 9 nitrogen and oxygen atoms in total. The van der Waals surface area contributed by atoms with Crippen LogP contribution in [0, 0.1) is 0 Å². The smallest absolute Gasteiger partial charge is 0.203 e. The van der Waals surface area contributed by atoms with Crippen LogP contribution in [0.1, 0.15) is 55.1 Å². The highest BCUT2D eigenvalue weighted by molar-refractivity contribution is 7.91. The van der Waals surface area contributed by atoms with Crippen LogP contribution in [0.4, 0.5) is 0 Å². The summed E-state index contributed by atoms with van der Waals surface area (Å²) >= 11 is 0. The SMILES string of the molecule is CCCOc1c(OCc2ccccc2)cc([C@@H]2CC[C@@H](c3cc(OC)c(OC)c(OC)c3)O2)cc1S(=O)(=O)CCN(C)C. The Balaban J connectivity index is 1.73. The molecule has 10 heteroatoms. The summed E-state index contributed by atoms with van der Waals surface area (Å²) in [6.45, 7) is 2.99. The van der Waals surface area contributed by atoms with Crippen molar-refractivity contribution in [2.75, 3.05) is 54.3 Å². The Morgan fingerprint density at radius 2 is 1.42 bits per heavy atom. The largest absolute Gasteiger partial charge is 0.493 e. The number of nitrogens with zero attached hydrogens (tertiary/aromatic N) is 1. The van der Waals surface area contributed by atoms with E-state index in [-0.39, 0.29) is 35.2 Å². The fraction of sp³-hybridized carbons (Fsp3) is 0.455. The van der Waals surface area contributed by atoms with Crippen molar-refractivity contribution in [2.24, 2.45) is 0 Å². The van der Waals surface area contributed by atoms with Gasteiger partial charge in [-0.15, -0.1) is 0 Å². The van der Waals surface area contributed by atoms with E-state index in [4.69, 9.17) is 28.4 Å². The number of methoxy groups -OCH3 is 3. The fourth-order valence-electron chi connectivity index (χ4n) is 5.03. The lowest BCUT2D eigenvalue weighted by Crippen LogP contribution is -2.22. The normalized spacial score (nSPS) is 16.7. The predicted octanol–water partition coefficient (Wildman–Crippen LogP) is 6.01. The first-order valence-electron chi connectivity index (χ1n) is 14.5. The molecule has 3 aromatic carbocycles. The maximum atomic E-state index is 13.8. The molecule has 0 bridgehead atoms. The van der Waals surface area contributed by atoms with Crippen LogP contribution in [0.15, 0.2) is 59.5 Å². The minimum Gasteiger partial charge on any atom is -0.493 e. The van der Waals surface area contributed by atoms with Crippen LogP contribution in [0.25, 0.3) is 0 Å². The van der Waals surface area contributed by atoms with Gasteiger partial charge in [0, 0.05) is 6.54 Å². The fourth-order valence-corrected chi connectivity index (χ4v) is 6.61. The van der Waals surface area contributed by atoms with E-state index in [1.54, 1.807) is 27.4 Å². The van der Waals surface area contributed by atoms with Crippen LogP contribution < -0.4 is 23.7 Å². The van der Waals surface area contributed by atoms with Crippen molar-refractivity contribution in [1.29, 1.82) is 0 Å². The summed E-state index contributed by atoms with van der Waals surface area (Å²) in [7, 11) is 4.72. The van der Waals surface area contributed by atoms with Crippen LogP contribution >= 0.6 is 0 Å². The monoisotopic (exact) mass is 613 g/mol. The molecule has 4 rings (SSSR count). The van der Waals surface area contributed by atoms with E-state index in [9.17, 15) is 8.42 Å². The molecular weight excluding hydrogens is 570 g/mol. The van der Waals surface area contributed by atoms with E-state index in [1.807, 2.05) is 74.4 Å². The molecular formula is C33H43NO8S. The highest BCUT2D eigenvalue weighted by atomic mass is 32.2. The van der Waals surface area contributed by atoms with Crippen molar-refractivity contribution < 1.29 is 36.8 Å². The van der Waals surface area contributed by atoms with Crippen LogP contribution in [0.5, 0.6) is 28.7 Å². The van der Waals surface area contributed by atoms with Crippen molar-refractivity contribution in [1.82, 2.24) is 4.90 Å². The highest BCUT2D eigenvalue weighted by Crippen LogP contribution is 2.48. The van der Waals surface area contributed by atoms with Gasteiger partial charge in [-0.2, -0.15) is 0 Å². The molecule has 0 saturated carbocycles. The molecule has 0 aliphatic carbocycles. The van der Waals surface area contributed by atoms with E-state index in [0.29, 0.717) is 42.6 Å². The second-order valence-electron chi connectivity index (χ2n) is 10.7. The van der Waals surface area contributed by atoms with Gasteiger partial charge in [0.25, 0.3) is 0 Å². The second kappa shape index (κ2) is 14.8. The molecule has 0 N–H and O–H groups in total. The Bertz CT molecular complexity index is 1430. The molecule has 2 atom stereocenters. The molecule has 1 saturated heterocycles. The van der Waals surface area contributed by atoms with Gasteiger partial charge in [0.1, 0.15) is 11.5 Å². The van der Waals surface area contributed by atoms with Gasteiger partial charge in [-0.1, -0.05) is 37.3 Å². The Hall–Kier alpha value is -3.47. The molecule has 1 aliphatic heterocycles. The second-order valence-corrected chi connectivity index (χ2v) is 12.8. The van der Waals surface area contributed by atoms with Crippen molar-refractivity contribution in [3.05, 3.63) is 71.3 Å². The topological polar surface area (TPSA) is 92.8 Å². The van der Waals surface area contributed by atoms with Gasteiger partial charge in [0.15, 0.2) is 32.8 Å². The van der Waals surface area contributed by atoms with E-state index in [0.717, 1.165) is 29.5 Å². The van der Waals surface area contributed by atoms with Gasteiger partial charge in [0.2, 0.25) is 5.75 Å². The predicted molar refractivity (Wildman–Crippen MR) is 166 cm³/mol. The zero-order valence-electron chi connectivity index (χ0n) is 25.9. The number of benzene rings is 3.